The molecule has 5 nitrogen and oxygen atoms in total. The van der Waals surface area contributed by atoms with Crippen molar-refractivity contribution in [2.24, 2.45) is 11.8 Å². The van der Waals surface area contributed by atoms with Crippen LogP contribution in [-0.2, 0) is 9.59 Å². The molecule has 4 rings (SSSR count). The van der Waals surface area contributed by atoms with Crippen LogP contribution in [0.15, 0.2) is 42.5 Å². The monoisotopic (exact) mass is 460 g/mol. The van der Waals surface area contributed by atoms with Gasteiger partial charge in [-0.05, 0) is 56.0 Å². The summed E-state index contributed by atoms with van der Waals surface area (Å²) in [5.41, 5.74) is 0.586. The van der Waals surface area contributed by atoms with Crippen molar-refractivity contribution < 1.29 is 14.3 Å². The predicted molar refractivity (Wildman–Crippen MR) is 123 cm³/mol. The zero-order chi connectivity index (χ0) is 21.8. The standard InChI is InChI=1S/C24H26Cl2N2O3/c25-18-9-10-21(19(26)15-18)31-22-8-4-3-7-20(22)27-23(29)16-11-13-28(14-12-16)24(30)17-5-1-2-6-17/h3-4,7-10,15-17H,1-2,5-6,11-14H2,(H,27,29). The number of hydrogen-bond donors (Lipinski definition) is 1. The van der Waals surface area contributed by atoms with Gasteiger partial charge in [0.25, 0.3) is 0 Å². The number of ether oxygens (including phenoxy) is 1. The first-order valence-electron chi connectivity index (χ1n) is 10.8. The summed E-state index contributed by atoms with van der Waals surface area (Å²) in [5.74, 6) is 1.26. The van der Waals surface area contributed by atoms with Crippen LogP contribution in [0.1, 0.15) is 38.5 Å². The van der Waals surface area contributed by atoms with Crippen LogP contribution >= 0.6 is 23.2 Å². The van der Waals surface area contributed by atoms with Crippen molar-refractivity contribution in [2.75, 3.05) is 18.4 Å². The molecule has 1 saturated heterocycles. The van der Waals surface area contributed by atoms with Crippen molar-refractivity contribution in [2.45, 2.75) is 38.5 Å². The maximum Gasteiger partial charge on any atom is 0.227 e. The van der Waals surface area contributed by atoms with Gasteiger partial charge in [0.05, 0.1) is 10.7 Å². The topological polar surface area (TPSA) is 58.6 Å². The van der Waals surface area contributed by atoms with Gasteiger partial charge in [-0.25, -0.2) is 0 Å². The summed E-state index contributed by atoms with van der Waals surface area (Å²) in [4.78, 5) is 27.5. The van der Waals surface area contributed by atoms with Crippen molar-refractivity contribution in [3.8, 4) is 11.5 Å². The number of benzene rings is 2. The summed E-state index contributed by atoms with van der Waals surface area (Å²) < 4.78 is 5.93. The summed E-state index contributed by atoms with van der Waals surface area (Å²) in [6, 6.07) is 12.3. The maximum absolute atomic E-state index is 12.9. The number of nitrogens with one attached hydrogen (secondary N) is 1. The molecule has 1 aliphatic heterocycles. The number of nitrogens with zero attached hydrogens (tertiary/aromatic N) is 1. The molecule has 1 aliphatic carbocycles. The van der Waals surface area contributed by atoms with Crippen LogP contribution < -0.4 is 10.1 Å². The fraction of sp³-hybridized carbons (Fsp3) is 0.417. The van der Waals surface area contributed by atoms with Crippen LogP contribution in [0.25, 0.3) is 0 Å². The third-order valence-electron chi connectivity index (χ3n) is 6.14. The predicted octanol–water partition coefficient (Wildman–Crippen LogP) is 6.15. The van der Waals surface area contributed by atoms with E-state index in [-0.39, 0.29) is 23.7 Å². The van der Waals surface area contributed by atoms with Crippen molar-refractivity contribution in [3.05, 3.63) is 52.5 Å². The number of carbonyl (C=O) groups is 2. The Labute approximate surface area is 192 Å². The number of hydrogen-bond acceptors (Lipinski definition) is 3. The van der Waals surface area contributed by atoms with Gasteiger partial charge in [-0.2, -0.15) is 0 Å². The van der Waals surface area contributed by atoms with E-state index >= 15 is 0 Å². The van der Waals surface area contributed by atoms with Gasteiger partial charge in [-0.1, -0.05) is 48.2 Å². The molecule has 2 amide bonds. The van der Waals surface area contributed by atoms with Gasteiger partial charge < -0.3 is 15.0 Å². The van der Waals surface area contributed by atoms with Gasteiger partial charge in [0, 0.05) is 29.9 Å². The van der Waals surface area contributed by atoms with E-state index < -0.39 is 0 Å². The highest BCUT2D eigenvalue weighted by Gasteiger charge is 2.32. The van der Waals surface area contributed by atoms with Crippen molar-refractivity contribution in [1.82, 2.24) is 4.90 Å². The average Bonchev–Trinajstić information content (AvgIpc) is 3.31. The third kappa shape index (κ3) is 5.34. The molecule has 1 N–H and O–H groups in total. The van der Waals surface area contributed by atoms with Gasteiger partial charge in [0.1, 0.15) is 5.75 Å². The zero-order valence-corrected chi connectivity index (χ0v) is 18.8. The second-order valence-corrected chi connectivity index (χ2v) is 9.09. The van der Waals surface area contributed by atoms with E-state index in [1.54, 1.807) is 30.3 Å². The van der Waals surface area contributed by atoms with Crippen LogP contribution in [0.3, 0.4) is 0 Å². The van der Waals surface area contributed by atoms with Gasteiger partial charge in [-0.3, -0.25) is 9.59 Å². The minimum atomic E-state index is -0.125. The zero-order valence-electron chi connectivity index (χ0n) is 17.3. The van der Waals surface area contributed by atoms with Crippen molar-refractivity contribution in [1.29, 1.82) is 0 Å². The molecule has 7 heteroatoms. The Morgan fingerprint density at radius 2 is 1.61 bits per heavy atom. The van der Waals surface area contributed by atoms with E-state index in [0.717, 1.165) is 25.7 Å². The summed E-state index contributed by atoms with van der Waals surface area (Å²) in [6.07, 6.45) is 5.67. The molecule has 0 atom stereocenters. The summed E-state index contributed by atoms with van der Waals surface area (Å²) in [7, 11) is 0. The molecule has 0 aromatic heterocycles. The molecule has 1 heterocycles. The quantitative estimate of drug-likeness (QED) is 0.581. The fourth-order valence-electron chi connectivity index (χ4n) is 4.36. The number of halogens is 2. The highest BCUT2D eigenvalue weighted by atomic mass is 35.5. The molecule has 2 aliphatic rings. The lowest BCUT2D eigenvalue weighted by molar-refractivity contribution is -0.138. The Bertz CT molecular complexity index is 952. The highest BCUT2D eigenvalue weighted by molar-refractivity contribution is 6.35. The second kappa shape index (κ2) is 9.92. The smallest absolute Gasteiger partial charge is 0.227 e. The molecule has 1 saturated carbocycles. The number of piperidine rings is 1. The van der Waals surface area contributed by atoms with E-state index in [1.807, 2.05) is 17.0 Å². The number of amides is 2. The van der Waals surface area contributed by atoms with E-state index in [2.05, 4.69) is 5.32 Å². The van der Waals surface area contributed by atoms with E-state index in [4.69, 9.17) is 27.9 Å². The van der Waals surface area contributed by atoms with Crippen LogP contribution in [0.2, 0.25) is 10.0 Å². The Morgan fingerprint density at radius 1 is 0.903 bits per heavy atom. The van der Waals surface area contributed by atoms with Gasteiger partial charge in [0.15, 0.2) is 5.75 Å². The van der Waals surface area contributed by atoms with E-state index in [0.29, 0.717) is 53.2 Å². The Kier molecular flexibility index (Phi) is 7.03. The summed E-state index contributed by atoms with van der Waals surface area (Å²) in [6.45, 7) is 1.29. The first kappa shape index (κ1) is 22.0. The van der Waals surface area contributed by atoms with Crippen LogP contribution in [0.4, 0.5) is 5.69 Å². The molecule has 2 aromatic rings. The summed E-state index contributed by atoms with van der Waals surface area (Å²) in [5, 5.41) is 3.91. The number of para-hydroxylation sites is 2. The Balaban J connectivity index is 1.36. The SMILES string of the molecule is O=C(Nc1ccccc1Oc1ccc(Cl)cc1Cl)C1CCN(C(=O)C2CCCC2)CC1. The van der Waals surface area contributed by atoms with Gasteiger partial charge in [-0.15, -0.1) is 0 Å². The largest absolute Gasteiger partial charge is 0.454 e. The fourth-order valence-corrected chi connectivity index (χ4v) is 4.81. The molecule has 164 valence electrons. The van der Waals surface area contributed by atoms with Gasteiger partial charge in [0.2, 0.25) is 11.8 Å². The highest BCUT2D eigenvalue weighted by Crippen LogP contribution is 2.35. The number of carbonyl (C=O) groups excluding carboxylic acids is 2. The molecular formula is C24H26Cl2N2O3. The van der Waals surface area contributed by atoms with Crippen LogP contribution in [-0.4, -0.2) is 29.8 Å². The number of likely N-dealkylation sites (tertiary alicyclic amines) is 1. The van der Waals surface area contributed by atoms with E-state index in [9.17, 15) is 9.59 Å². The first-order valence-corrected chi connectivity index (χ1v) is 11.6. The van der Waals surface area contributed by atoms with Gasteiger partial charge >= 0.3 is 0 Å². The first-order chi connectivity index (χ1) is 15.0. The lowest BCUT2D eigenvalue weighted by Gasteiger charge is -2.33. The minimum Gasteiger partial charge on any atom is -0.454 e. The molecular weight excluding hydrogens is 435 g/mol. The van der Waals surface area contributed by atoms with E-state index in [1.165, 1.54) is 0 Å². The molecule has 0 radical (unpaired) electrons. The van der Waals surface area contributed by atoms with Crippen molar-refractivity contribution >= 4 is 40.7 Å². The number of anilines is 1. The third-order valence-corrected chi connectivity index (χ3v) is 6.67. The number of rotatable bonds is 5. The Morgan fingerprint density at radius 3 is 2.32 bits per heavy atom. The molecule has 0 spiro atoms. The Hall–Kier alpha value is -2.24. The molecule has 31 heavy (non-hydrogen) atoms. The molecule has 0 bridgehead atoms. The second-order valence-electron chi connectivity index (χ2n) is 8.24. The molecule has 2 fully saturated rings. The lowest BCUT2D eigenvalue weighted by Crippen LogP contribution is -2.43. The average molecular weight is 461 g/mol. The lowest BCUT2D eigenvalue weighted by atomic mass is 9.94. The van der Waals surface area contributed by atoms with Crippen molar-refractivity contribution in [3.63, 3.8) is 0 Å². The normalized spacial score (nSPS) is 17.5. The summed E-state index contributed by atoms with van der Waals surface area (Å²) >= 11 is 12.2. The van der Waals surface area contributed by atoms with Crippen LogP contribution in [0.5, 0.6) is 11.5 Å². The molecule has 2 aromatic carbocycles. The minimum absolute atomic E-state index is 0.0498. The molecule has 0 unspecified atom stereocenters. The van der Waals surface area contributed by atoms with Crippen LogP contribution in [0, 0.1) is 11.8 Å². The maximum atomic E-state index is 12.9.